The number of benzene rings is 1. The molecule has 0 heterocycles. The van der Waals surface area contributed by atoms with Gasteiger partial charge in [-0.05, 0) is 36.8 Å². The monoisotopic (exact) mass is 461 g/mol. The zero-order valence-electron chi connectivity index (χ0n) is 20.5. The second kappa shape index (κ2) is 15.8. The highest BCUT2D eigenvalue weighted by atomic mass is 32.1. The maximum atomic E-state index is 12.1. The molecule has 0 fully saturated rings. The molecule has 1 aromatic rings. The summed E-state index contributed by atoms with van der Waals surface area (Å²) >= 11 is 5.26. The SMILES string of the molecule is CCCCCCCCCCCCCC(=O)NC(=S)Nc1cccc(NC(=O)C(C)(C)C)c1. The first-order valence-corrected chi connectivity index (χ1v) is 12.7. The fraction of sp³-hybridized carbons (Fsp3) is 0.654. The molecule has 1 aromatic carbocycles. The Morgan fingerprint density at radius 2 is 1.31 bits per heavy atom. The van der Waals surface area contributed by atoms with Crippen molar-refractivity contribution in [2.24, 2.45) is 5.41 Å². The second-order valence-electron chi connectivity index (χ2n) is 9.57. The molecule has 0 radical (unpaired) electrons. The third-order valence-electron chi connectivity index (χ3n) is 5.32. The van der Waals surface area contributed by atoms with Gasteiger partial charge in [0.1, 0.15) is 0 Å². The van der Waals surface area contributed by atoms with E-state index < -0.39 is 5.41 Å². The number of hydrogen-bond donors (Lipinski definition) is 3. The Labute approximate surface area is 200 Å². The van der Waals surface area contributed by atoms with Crippen LogP contribution in [0.3, 0.4) is 0 Å². The van der Waals surface area contributed by atoms with E-state index in [1.807, 2.05) is 39.0 Å². The van der Waals surface area contributed by atoms with Crippen LogP contribution >= 0.6 is 12.2 Å². The summed E-state index contributed by atoms with van der Waals surface area (Å²) in [6.45, 7) is 7.85. The van der Waals surface area contributed by atoms with Gasteiger partial charge in [-0.15, -0.1) is 0 Å². The van der Waals surface area contributed by atoms with Crippen LogP contribution in [0.2, 0.25) is 0 Å². The topological polar surface area (TPSA) is 70.2 Å². The van der Waals surface area contributed by atoms with Crippen LogP contribution in [0.5, 0.6) is 0 Å². The van der Waals surface area contributed by atoms with Gasteiger partial charge in [0.15, 0.2) is 5.11 Å². The van der Waals surface area contributed by atoms with Crippen LogP contribution in [0.15, 0.2) is 24.3 Å². The van der Waals surface area contributed by atoms with Crippen LogP contribution in [0.25, 0.3) is 0 Å². The minimum absolute atomic E-state index is 0.0579. The summed E-state index contributed by atoms with van der Waals surface area (Å²) in [4.78, 5) is 24.3. The van der Waals surface area contributed by atoms with Crippen LogP contribution in [0.4, 0.5) is 11.4 Å². The van der Waals surface area contributed by atoms with E-state index in [1.54, 1.807) is 6.07 Å². The fourth-order valence-corrected chi connectivity index (χ4v) is 3.53. The number of hydrogen-bond acceptors (Lipinski definition) is 3. The Morgan fingerprint density at radius 3 is 1.84 bits per heavy atom. The van der Waals surface area contributed by atoms with E-state index in [2.05, 4.69) is 22.9 Å². The molecule has 0 unspecified atom stereocenters. The predicted molar refractivity (Wildman–Crippen MR) is 140 cm³/mol. The third-order valence-corrected chi connectivity index (χ3v) is 5.52. The molecular formula is C26H43N3O2S. The number of rotatable bonds is 14. The summed E-state index contributed by atoms with van der Waals surface area (Å²) in [6.07, 6.45) is 14.3. The molecule has 2 amide bonds. The normalized spacial score (nSPS) is 11.1. The molecule has 1 rings (SSSR count). The molecule has 0 aliphatic rings. The highest BCUT2D eigenvalue weighted by molar-refractivity contribution is 7.80. The first-order valence-electron chi connectivity index (χ1n) is 12.2. The number of nitrogens with one attached hydrogen (secondary N) is 3. The number of carbonyl (C=O) groups is 2. The standard InChI is InChI=1S/C26H43N3O2S/c1-5-6-7-8-9-10-11-12-13-14-15-19-23(30)29-25(32)28-22-18-16-17-21(20-22)27-24(31)26(2,3)4/h16-18,20H,5-15,19H2,1-4H3,(H,27,31)(H2,28,29,30,32). The van der Waals surface area contributed by atoms with Gasteiger partial charge in [0.05, 0.1) is 0 Å². The van der Waals surface area contributed by atoms with E-state index in [4.69, 9.17) is 12.2 Å². The Morgan fingerprint density at radius 1 is 0.812 bits per heavy atom. The predicted octanol–water partition coefficient (Wildman–Crippen LogP) is 7.19. The lowest BCUT2D eigenvalue weighted by atomic mass is 9.95. The molecule has 0 aromatic heterocycles. The maximum absolute atomic E-state index is 12.1. The van der Waals surface area contributed by atoms with Gasteiger partial charge in [-0.3, -0.25) is 9.59 Å². The zero-order valence-corrected chi connectivity index (χ0v) is 21.3. The van der Waals surface area contributed by atoms with Crippen LogP contribution < -0.4 is 16.0 Å². The van der Waals surface area contributed by atoms with Gasteiger partial charge in [-0.1, -0.05) is 98.0 Å². The van der Waals surface area contributed by atoms with Crippen LogP contribution in [-0.4, -0.2) is 16.9 Å². The van der Waals surface area contributed by atoms with Crippen molar-refractivity contribution in [1.82, 2.24) is 5.32 Å². The van der Waals surface area contributed by atoms with E-state index in [9.17, 15) is 9.59 Å². The molecule has 0 saturated heterocycles. The number of carbonyl (C=O) groups excluding carboxylic acids is 2. The smallest absolute Gasteiger partial charge is 0.229 e. The molecule has 0 spiro atoms. The van der Waals surface area contributed by atoms with E-state index in [1.165, 1.54) is 57.8 Å². The van der Waals surface area contributed by atoms with E-state index >= 15 is 0 Å². The molecular weight excluding hydrogens is 418 g/mol. The number of amides is 2. The van der Waals surface area contributed by atoms with Crippen LogP contribution in [0.1, 0.15) is 105 Å². The summed E-state index contributed by atoms with van der Waals surface area (Å²) in [7, 11) is 0. The Hall–Kier alpha value is -1.95. The van der Waals surface area contributed by atoms with Crippen LogP contribution in [0, 0.1) is 5.41 Å². The van der Waals surface area contributed by atoms with E-state index in [0.717, 1.165) is 18.5 Å². The summed E-state index contributed by atoms with van der Waals surface area (Å²) in [5.41, 5.74) is 0.933. The number of anilines is 2. The van der Waals surface area contributed by atoms with Gasteiger partial charge in [0, 0.05) is 23.2 Å². The molecule has 5 nitrogen and oxygen atoms in total. The molecule has 0 bridgehead atoms. The van der Waals surface area contributed by atoms with Crippen molar-refractivity contribution in [3.8, 4) is 0 Å². The zero-order chi connectivity index (χ0) is 23.8. The van der Waals surface area contributed by atoms with Gasteiger partial charge >= 0.3 is 0 Å². The van der Waals surface area contributed by atoms with Gasteiger partial charge in [-0.2, -0.15) is 0 Å². The van der Waals surface area contributed by atoms with E-state index in [-0.39, 0.29) is 16.9 Å². The summed E-state index contributed by atoms with van der Waals surface area (Å²) in [5.74, 6) is -0.117. The Kier molecular flexibility index (Phi) is 13.9. The maximum Gasteiger partial charge on any atom is 0.229 e. The lowest BCUT2D eigenvalue weighted by Gasteiger charge is -2.18. The highest BCUT2D eigenvalue weighted by Crippen LogP contribution is 2.20. The van der Waals surface area contributed by atoms with Crippen molar-refractivity contribution in [3.63, 3.8) is 0 Å². The molecule has 0 saturated carbocycles. The first-order chi connectivity index (χ1) is 15.2. The Balaban J connectivity index is 2.18. The van der Waals surface area contributed by atoms with Gasteiger partial charge in [-0.25, -0.2) is 0 Å². The average Bonchev–Trinajstić information content (AvgIpc) is 2.71. The highest BCUT2D eigenvalue weighted by Gasteiger charge is 2.21. The second-order valence-corrected chi connectivity index (χ2v) is 9.98. The molecule has 3 N–H and O–H groups in total. The van der Waals surface area contributed by atoms with Gasteiger partial charge in [0.25, 0.3) is 0 Å². The van der Waals surface area contributed by atoms with Crippen molar-refractivity contribution in [3.05, 3.63) is 24.3 Å². The Bertz CT molecular complexity index is 713. The minimum atomic E-state index is -0.471. The van der Waals surface area contributed by atoms with Crippen molar-refractivity contribution in [1.29, 1.82) is 0 Å². The van der Waals surface area contributed by atoms with Gasteiger partial charge < -0.3 is 16.0 Å². The molecule has 0 aliphatic heterocycles. The quantitative estimate of drug-likeness (QED) is 0.203. The van der Waals surface area contributed by atoms with Crippen molar-refractivity contribution < 1.29 is 9.59 Å². The number of thiocarbonyl (C=S) groups is 1. The molecule has 0 atom stereocenters. The molecule has 32 heavy (non-hydrogen) atoms. The fourth-order valence-electron chi connectivity index (χ4n) is 3.29. The van der Waals surface area contributed by atoms with Crippen molar-refractivity contribution in [2.45, 2.75) is 105 Å². The minimum Gasteiger partial charge on any atom is -0.332 e. The molecule has 180 valence electrons. The third kappa shape index (κ3) is 13.5. The first kappa shape index (κ1) is 28.1. The summed E-state index contributed by atoms with van der Waals surface area (Å²) in [5, 5.41) is 8.92. The van der Waals surface area contributed by atoms with E-state index in [0.29, 0.717) is 12.1 Å². The average molecular weight is 462 g/mol. The lowest BCUT2D eigenvalue weighted by molar-refractivity contribution is -0.123. The largest absolute Gasteiger partial charge is 0.332 e. The lowest BCUT2D eigenvalue weighted by Crippen LogP contribution is -2.34. The van der Waals surface area contributed by atoms with Crippen LogP contribution in [-0.2, 0) is 9.59 Å². The van der Waals surface area contributed by atoms with Crippen molar-refractivity contribution in [2.75, 3.05) is 10.6 Å². The molecule has 6 heteroatoms. The number of unbranched alkanes of at least 4 members (excludes halogenated alkanes) is 10. The van der Waals surface area contributed by atoms with Crippen molar-refractivity contribution >= 4 is 40.5 Å². The van der Waals surface area contributed by atoms with Gasteiger partial charge in [0.2, 0.25) is 11.8 Å². The summed E-state index contributed by atoms with van der Waals surface area (Å²) in [6, 6.07) is 7.29. The molecule has 0 aliphatic carbocycles. The summed E-state index contributed by atoms with van der Waals surface area (Å²) < 4.78 is 0.